The van der Waals surface area contributed by atoms with Gasteiger partial charge in [-0.05, 0) is 37.1 Å². The summed E-state index contributed by atoms with van der Waals surface area (Å²) in [6, 6.07) is 4.06. The summed E-state index contributed by atoms with van der Waals surface area (Å²) in [6.07, 6.45) is 5.34. The Hall–Kier alpha value is -0.740. The first-order valence-electron chi connectivity index (χ1n) is 3.38. The van der Waals surface area contributed by atoms with E-state index in [-0.39, 0.29) is 0 Å². The van der Waals surface area contributed by atoms with Gasteiger partial charge in [0.2, 0.25) is 0 Å². The summed E-state index contributed by atoms with van der Waals surface area (Å²) in [5.74, 6) is 2.67. The molecule has 0 nitrogen and oxygen atoms in total. The van der Waals surface area contributed by atoms with Crippen LogP contribution in [0, 0.1) is 26.2 Å². The van der Waals surface area contributed by atoms with Crippen LogP contribution in [0.2, 0.25) is 0 Å². The van der Waals surface area contributed by atoms with E-state index in [0.717, 1.165) is 21.2 Å². The highest BCUT2D eigenvalue weighted by molar-refractivity contribution is 9.10. The van der Waals surface area contributed by atoms with Gasteiger partial charge >= 0.3 is 0 Å². The Kier molecular flexibility index (Phi) is 2.36. The van der Waals surface area contributed by atoms with Crippen molar-refractivity contribution in [1.29, 1.82) is 0 Å². The minimum atomic E-state index is 1.01. The molecule has 0 spiro atoms. The summed E-state index contributed by atoms with van der Waals surface area (Å²) < 4.78 is 1.09. The van der Waals surface area contributed by atoms with Crippen molar-refractivity contribution >= 4 is 15.9 Å². The second-order valence-electron chi connectivity index (χ2n) is 2.56. The average Bonchev–Trinajstić information content (AvgIpc) is 1.85. The Morgan fingerprint density at radius 2 is 1.73 bits per heavy atom. The number of terminal acetylenes is 1. The third-order valence-electron chi connectivity index (χ3n) is 1.64. The highest BCUT2D eigenvalue weighted by atomic mass is 79.9. The van der Waals surface area contributed by atoms with Gasteiger partial charge in [-0.15, -0.1) is 6.42 Å². The van der Waals surface area contributed by atoms with Gasteiger partial charge in [-0.1, -0.05) is 21.9 Å². The molecule has 0 bridgehead atoms. The van der Waals surface area contributed by atoms with E-state index in [1.54, 1.807) is 0 Å². The van der Waals surface area contributed by atoms with Crippen LogP contribution in [-0.2, 0) is 0 Å². The van der Waals surface area contributed by atoms with Gasteiger partial charge in [0.15, 0.2) is 0 Å². The number of hydrogen-bond acceptors (Lipinski definition) is 0. The maximum atomic E-state index is 5.34. The van der Waals surface area contributed by atoms with Crippen molar-refractivity contribution in [2.75, 3.05) is 0 Å². The highest BCUT2D eigenvalue weighted by Gasteiger charge is 1.99. The van der Waals surface area contributed by atoms with Crippen molar-refractivity contribution in [3.05, 3.63) is 33.3 Å². The molecule has 1 aromatic rings. The fourth-order valence-corrected chi connectivity index (χ4v) is 1.83. The van der Waals surface area contributed by atoms with Crippen molar-refractivity contribution in [3.8, 4) is 12.3 Å². The molecule has 0 saturated carbocycles. The molecule has 0 saturated heterocycles. The van der Waals surface area contributed by atoms with Gasteiger partial charge in [-0.25, -0.2) is 0 Å². The van der Waals surface area contributed by atoms with E-state index in [9.17, 15) is 0 Å². The summed E-state index contributed by atoms with van der Waals surface area (Å²) in [5.41, 5.74) is 3.31. The van der Waals surface area contributed by atoms with E-state index in [4.69, 9.17) is 6.42 Å². The predicted molar refractivity (Wildman–Crippen MR) is 51.6 cm³/mol. The van der Waals surface area contributed by atoms with Crippen LogP contribution in [0.3, 0.4) is 0 Å². The summed E-state index contributed by atoms with van der Waals surface area (Å²) in [7, 11) is 0. The minimum absolute atomic E-state index is 1.01. The molecule has 1 rings (SSSR count). The number of aryl methyl sites for hydroxylation is 2. The molecule has 0 aromatic heterocycles. The molecule has 0 unspecified atom stereocenters. The normalized spacial score (nSPS) is 9.27. The van der Waals surface area contributed by atoms with Crippen LogP contribution < -0.4 is 0 Å². The number of rotatable bonds is 0. The molecule has 1 aromatic carbocycles. The zero-order chi connectivity index (χ0) is 8.43. The van der Waals surface area contributed by atoms with Crippen LogP contribution in [0.15, 0.2) is 16.6 Å². The fraction of sp³-hybridized carbons (Fsp3) is 0.200. The summed E-state index contributed by atoms with van der Waals surface area (Å²) in [5, 5.41) is 0. The third kappa shape index (κ3) is 1.64. The topological polar surface area (TPSA) is 0 Å². The van der Waals surface area contributed by atoms with Crippen LogP contribution in [0.5, 0.6) is 0 Å². The van der Waals surface area contributed by atoms with E-state index in [0.29, 0.717) is 0 Å². The standard InChI is InChI=1S/C10H9Br/c1-4-10-7(2)5-9(11)6-8(10)3/h1,5-6H,2-3H3. The first-order valence-corrected chi connectivity index (χ1v) is 4.18. The molecule has 0 radical (unpaired) electrons. The Morgan fingerprint density at radius 3 is 2.09 bits per heavy atom. The van der Waals surface area contributed by atoms with Gasteiger partial charge in [0.1, 0.15) is 0 Å². The SMILES string of the molecule is C#Cc1c(C)cc(Br)cc1C. The Labute approximate surface area is 75.8 Å². The zero-order valence-corrected chi connectivity index (χ0v) is 8.20. The molecule has 0 aliphatic rings. The molecular weight excluding hydrogens is 200 g/mol. The van der Waals surface area contributed by atoms with Crippen molar-refractivity contribution in [1.82, 2.24) is 0 Å². The first-order chi connectivity index (χ1) is 5.15. The molecule has 0 heterocycles. The summed E-state index contributed by atoms with van der Waals surface area (Å²) in [4.78, 5) is 0. The van der Waals surface area contributed by atoms with Gasteiger partial charge < -0.3 is 0 Å². The van der Waals surface area contributed by atoms with E-state index in [2.05, 4.69) is 21.9 Å². The quantitative estimate of drug-likeness (QED) is 0.576. The van der Waals surface area contributed by atoms with Crippen molar-refractivity contribution in [2.45, 2.75) is 13.8 Å². The van der Waals surface area contributed by atoms with E-state index in [1.165, 1.54) is 0 Å². The van der Waals surface area contributed by atoms with Crippen molar-refractivity contribution in [3.63, 3.8) is 0 Å². The molecule has 1 heteroatoms. The maximum Gasteiger partial charge on any atom is 0.0301 e. The lowest BCUT2D eigenvalue weighted by atomic mass is 10.0. The number of hydrogen-bond donors (Lipinski definition) is 0. The van der Waals surface area contributed by atoms with Gasteiger partial charge in [-0.3, -0.25) is 0 Å². The molecule has 56 valence electrons. The maximum absolute atomic E-state index is 5.34. The van der Waals surface area contributed by atoms with Crippen LogP contribution in [0.4, 0.5) is 0 Å². The van der Waals surface area contributed by atoms with E-state index >= 15 is 0 Å². The minimum Gasteiger partial charge on any atom is -0.115 e. The highest BCUT2D eigenvalue weighted by Crippen LogP contribution is 2.19. The molecular formula is C10H9Br. The van der Waals surface area contributed by atoms with Gasteiger partial charge in [0.05, 0.1) is 0 Å². The third-order valence-corrected chi connectivity index (χ3v) is 2.10. The molecule has 0 atom stereocenters. The van der Waals surface area contributed by atoms with Crippen LogP contribution >= 0.6 is 15.9 Å². The van der Waals surface area contributed by atoms with Gasteiger partial charge in [0.25, 0.3) is 0 Å². The second kappa shape index (κ2) is 3.11. The Balaban J connectivity index is 3.40. The van der Waals surface area contributed by atoms with Crippen LogP contribution in [0.1, 0.15) is 16.7 Å². The lowest BCUT2D eigenvalue weighted by Gasteiger charge is -2.02. The van der Waals surface area contributed by atoms with Crippen molar-refractivity contribution < 1.29 is 0 Å². The predicted octanol–water partition coefficient (Wildman–Crippen LogP) is 3.05. The largest absolute Gasteiger partial charge is 0.115 e. The van der Waals surface area contributed by atoms with Crippen LogP contribution in [-0.4, -0.2) is 0 Å². The first kappa shape index (κ1) is 8.36. The molecule has 0 amide bonds. The summed E-state index contributed by atoms with van der Waals surface area (Å²) >= 11 is 3.41. The fourth-order valence-electron chi connectivity index (χ4n) is 1.14. The van der Waals surface area contributed by atoms with Gasteiger partial charge in [-0.2, -0.15) is 0 Å². The molecule has 0 aliphatic carbocycles. The molecule has 11 heavy (non-hydrogen) atoms. The average molecular weight is 209 g/mol. The molecule has 0 aliphatic heterocycles. The van der Waals surface area contributed by atoms with E-state index in [1.807, 2.05) is 26.0 Å². The molecule has 0 N–H and O–H groups in total. The number of halogens is 1. The Bertz CT molecular complexity index is 295. The second-order valence-corrected chi connectivity index (χ2v) is 3.47. The summed E-state index contributed by atoms with van der Waals surface area (Å²) in [6.45, 7) is 4.04. The Morgan fingerprint density at radius 1 is 1.27 bits per heavy atom. The molecule has 0 fully saturated rings. The van der Waals surface area contributed by atoms with Crippen LogP contribution in [0.25, 0.3) is 0 Å². The van der Waals surface area contributed by atoms with Gasteiger partial charge in [0, 0.05) is 10.0 Å². The lowest BCUT2D eigenvalue weighted by molar-refractivity contribution is 1.33. The number of benzene rings is 1. The lowest BCUT2D eigenvalue weighted by Crippen LogP contribution is -1.86. The van der Waals surface area contributed by atoms with Crippen molar-refractivity contribution in [2.24, 2.45) is 0 Å². The smallest absolute Gasteiger partial charge is 0.0301 e. The zero-order valence-electron chi connectivity index (χ0n) is 6.61. The van der Waals surface area contributed by atoms with E-state index < -0.39 is 0 Å². The monoisotopic (exact) mass is 208 g/mol.